The quantitative estimate of drug-likeness (QED) is 0.942. The van der Waals surface area contributed by atoms with Crippen LogP contribution in [0.4, 0.5) is 19.0 Å². The number of anilines is 1. The fourth-order valence-corrected chi connectivity index (χ4v) is 3.45. The largest absolute Gasteiger partial charge is 0.435 e. The van der Waals surface area contributed by atoms with Crippen LogP contribution >= 0.6 is 11.8 Å². The van der Waals surface area contributed by atoms with Gasteiger partial charge in [0.15, 0.2) is 11.5 Å². The van der Waals surface area contributed by atoms with Crippen LogP contribution < -0.4 is 5.32 Å². The van der Waals surface area contributed by atoms with E-state index in [1.54, 1.807) is 0 Å². The third kappa shape index (κ3) is 2.95. The molecular weight excluding hydrogens is 301 g/mol. The summed E-state index contributed by atoms with van der Waals surface area (Å²) in [5.41, 5.74) is -0.538. The van der Waals surface area contributed by atoms with Crippen molar-refractivity contribution in [3.05, 3.63) is 24.2 Å². The predicted molar refractivity (Wildman–Crippen MR) is 76.6 cm³/mol. The van der Waals surface area contributed by atoms with E-state index in [0.717, 1.165) is 25.3 Å². The van der Waals surface area contributed by atoms with Gasteiger partial charge in [-0.2, -0.15) is 30.0 Å². The molecule has 3 rings (SSSR count). The monoisotopic (exact) mass is 316 g/mol. The highest BCUT2D eigenvalue weighted by molar-refractivity contribution is 7.99. The molecule has 0 saturated heterocycles. The molecule has 0 amide bonds. The second-order valence-corrected chi connectivity index (χ2v) is 6.28. The van der Waals surface area contributed by atoms with Gasteiger partial charge in [0.05, 0.1) is 0 Å². The fraction of sp³-hybridized carbons (Fsp3) is 0.538. The van der Waals surface area contributed by atoms with Gasteiger partial charge in [-0.3, -0.25) is 0 Å². The van der Waals surface area contributed by atoms with Crippen LogP contribution in [0.5, 0.6) is 0 Å². The molecule has 114 valence electrons. The van der Waals surface area contributed by atoms with Crippen LogP contribution in [0.2, 0.25) is 0 Å². The van der Waals surface area contributed by atoms with Crippen molar-refractivity contribution in [1.82, 2.24) is 14.6 Å². The van der Waals surface area contributed by atoms with E-state index in [4.69, 9.17) is 0 Å². The predicted octanol–water partition coefficient (Wildman–Crippen LogP) is 3.44. The van der Waals surface area contributed by atoms with Crippen LogP contribution in [0, 0.1) is 0 Å². The van der Waals surface area contributed by atoms with E-state index in [0.29, 0.717) is 16.6 Å². The summed E-state index contributed by atoms with van der Waals surface area (Å²) in [5.74, 6) is 0.465. The molecule has 21 heavy (non-hydrogen) atoms. The van der Waals surface area contributed by atoms with Gasteiger partial charge in [0.2, 0.25) is 0 Å². The lowest BCUT2D eigenvalue weighted by atomic mass is 10.2. The zero-order chi connectivity index (χ0) is 15.0. The van der Waals surface area contributed by atoms with Crippen LogP contribution in [0.3, 0.4) is 0 Å². The highest BCUT2D eigenvalue weighted by atomic mass is 32.2. The normalized spacial score (nSPS) is 22.9. The Balaban J connectivity index is 1.87. The Kier molecular flexibility index (Phi) is 3.73. The molecule has 1 N–H and O–H groups in total. The number of rotatable bonds is 3. The first-order valence-electron chi connectivity index (χ1n) is 6.68. The summed E-state index contributed by atoms with van der Waals surface area (Å²) in [6, 6.07) is 1.29. The molecule has 2 unspecified atom stereocenters. The molecule has 4 nitrogen and oxygen atoms in total. The minimum absolute atomic E-state index is 0.255. The summed E-state index contributed by atoms with van der Waals surface area (Å²) in [4.78, 5) is 4.17. The molecule has 0 radical (unpaired) electrons. The molecule has 1 saturated carbocycles. The van der Waals surface area contributed by atoms with E-state index in [1.165, 1.54) is 16.9 Å². The van der Waals surface area contributed by atoms with E-state index in [9.17, 15) is 13.2 Å². The molecule has 2 heterocycles. The first-order valence-corrected chi connectivity index (χ1v) is 7.97. The van der Waals surface area contributed by atoms with Crippen molar-refractivity contribution in [3.8, 4) is 0 Å². The van der Waals surface area contributed by atoms with Crippen molar-refractivity contribution < 1.29 is 13.2 Å². The Hall–Kier alpha value is -1.44. The van der Waals surface area contributed by atoms with Crippen molar-refractivity contribution in [3.63, 3.8) is 0 Å². The summed E-state index contributed by atoms with van der Waals surface area (Å²) in [7, 11) is 0. The van der Waals surface area contributed by atoms with E-state index in [1.807, 2.05) is 11.8 Å². The topological polar surface area (TPSA) is 42.2 Å². The maximum Gasteiger partial charge on any atom is 0.435 e. The van der Waals surface area contributed by atoms with Crippen molar-refractivity contribution >= 4 is 23.1 Å². The number of hydrogen-bond acceptors (Lipinski definition) is 4. The minimum Gasteiger partial charge on any atom is -0.366 e. The highest BCUT2D eigenvalue weighted by Gasteiger charge is 2.34. The average Bonchev–Trinajstić information content (AvgIpc) is 3.04. The Bertz CT molecular complexity index is 640. The van der Waals surface area contributed by atoms with E-state index in [-0.39, 0.29) is 6.04 Å². The summed E-state index contributed by atoms with van der Waals surface area (Å²) in [6.45, 7) is 0. The van der Waals surface area contributed by atoms with Crippen molar-refractivity contribution in [2.24, 2.45) is 0 Å². The molecule has 2 aromatic rings. The summed E-state index contributed by atoms with van der Waals surface area (Å²) < 4.78 is 39.4. The second kappa shape index (κ2) is 5.40. The molecule has 1 fully saturated rings. The van der Waals surface area contributed by atoms with Gasteiger partial charge in [-0.05, 0) is 25.5 Å². The van der Waals surface area contributed by atoms with Gasteiger partial charge in [0, 0.05) is 29.8 Å². The van der Waals surface area contributed by atoms with Crippen LogP contribution in [0.15, 0.2) is 18.5 Å². The zero-order valence-electron chi connectivity index (χ0n) is 11.4. The zero-order valence-corrected chi connectivity index (χ0v) is 12.2. The van der Waals surface area contributed by atoms with Gasteiger partial charge in [-0.25, -0.2) is 9.50 Å². The number of nitrogens with zero attached hydrogens (tertiary/aromatic N) is 3. The van der Waals surface area contributed by atoms with Gasteiger partial charge < -0.3 is 5.32 Å². The Morgan fingerprint density at radius 2 is 2.19 bits per heavy atom. The van der Waals surface area contributed by atoms with Gasteiger partial charge in [-0.1, -0.05) is 0 Å². The maximum absolute atomic E-state index is 12.7. The molecule has 0 aromatic carbocycles. The number of halogens is 3. The molecular formula is C13H15F3N4S. The SMILES string of the molecule is CSC1CCC(Nc2nccn3nc(C(F)(F)F)cc23)C1. The highest BCUT2D eigenvalue weighted by Crippen LogP contribution is 2.32. The lowest BCUT2D eigenvalue weighted by Crippen LogP contribution is -2.17. The molecule has 2 atom stereocenters. The number of alkyl halides is 3. The van der Waals surface area contributed by atoms with Gasteiger partial charge in [0.1, 0.15) is 5.52 Å². The lowest BCUT2D eigenvalue weighted by molar-refractivity contribution is -0.141. The number of fused-ring (bicyclic) bond motifs is 1. The molecule has 2 aromatic heterocycles. The molecule has 0 spiro atoms. The summed E-state index contributed by atoms with van der Waals surface area (Å²) in [5, 5.41) is 7.43. The van der Waals surface area contributed by atoms with E-state index >= 15 is 0 Å². The average molecular weight is 316 g/mol. The number of thioether (sulfide) groups is 1. The fourth-order valence-electron chi connectivity index (χ4n) is 2.65. The van der Waals surface area contributed by atoms with Crippen LogP contribution in [0.1, 0.15) is 25.0 Å². The summed E-state index contributed by atoms with van der Waals surface area (Å²) in [6.07, 6.45) is 3.66. The van der Waals surface area contributed by atoms with E-state index in [2.05, 4.69) is 21.7 Å². The number of aromatic nitrogens is 3. The standard InChI is InChI=1S/C13H15F3N4S/c1-21-9-3-2-8(6-9)18-12-10-7-11(13(14,15)16)19-20(10)5-4-17-12/h4-5,7-9H,2-3,6H2,1H3,(H,17,18). The number of nitrogens with one attached hydrogen (secondary N) is 1. The molecule has 1 aliphatic rings. The molecule has 1 aliphatic carbocycles. The Labute approximate surface area is 124 Å². The maximum atomic E-state index is 12.7. The summed E-state index contributed by atoms with van der Waals surface area (Å²) >= 11 is 1.83. The Morgan fingerprint density at radius 3 is 2.86 bits per heavy atom. The molecule has 0 bridgehead atoms. The third-order valence-electron chi connectivity index (χ3n) is 3.74. The first kappa shape index (κ1) is 14.5. The van der Waals surface area contributed by atoms with Gasteiger partial charge >= 0.3 is 6.18 Å². The Morgan fingerprint density at radius 1 is 1.38 bits per heavy atom. The third-order valence-corrected chi connectivity index (χ3v) is 4.83. The van der Waals surface area contributed by atoms with Crippen molar-refractivity contribution in [2.45, 2.75) is 36.7 Å². The first-order chi connectivity index (χ1) is 9.97. The van der Waals surface area contributed by atoms with Crippen molar-refractivity contribution in [2.75, 3.05) is 11.6 Å². The van der Waals surface area contributed by atoms with Crippen molar-refractivity contribution in [1.29, 1.82) is 0 Å². The molecule has 0 aliphatic heterocycles. The van der Waals surface area contributed by atoms with Crippen LogP contribution in [0.25, 0.3) is 5.52 Å². The second-order valence-electron chi connectivity index (χ2n) is 5.15. The van der Waals surface area contributed by atoms with Crippen LogP contribution in [-0.4, -0.2) is 32.1 Å². The minimum atomic E-state index is -4.44. The molecule has 8 heteroatoms. The van der Waals surface area contributed by atoms with Gasteiger partial charge in [-0.15, -0.1) is 0 Å². The van der Waals surface area contributed by atoms with Crippen LogP contribution in [-0.2, 0) is 6.18 Å². The van der Waals surface area contributed by atoms with Gasteiger partial charge in [0.25, 0.3) is 0 Å². The van der Waals surface area contributed by atoms with E-state index < -0.39 is 11.9 Å². The smallest absolute Gasteiger partial charge is 0.366 e. The lowest BCUT2D eigenvalue weighted by Gasteiger charge is -2.13. The number of hydrogen-bond donors (Lipinski definition) is 1.